The molecule has 0 heterocycles. The summed E-state index contributed by atoms with van der Waals surface area (Å²) in [5.74, 6) is 0.445. The Kier molecular flexibility index (Phi) is 7.51. The van der Waals surface area contributed by atoms with Crippen LogP contribution in [0.2, 0.25) is 10.0 Å². The van der Waals surface area contributed by atoms with Gasteiger partial charge >= 0.3 is 0 Å². The van der Waals surface area contributed by atoms with Crippen molar-refractivity contribution < 1.29 is 9.00 Å². The zero-order chi connectivity index (χ0) is 15.1. The largest absolute Gasteiger partial charge is 0.359 e. The van der Waals surface area contributed by atoms with Crippen molar-refractivity contribution in [3.8, 4) is 0 Å². The van der Waals surface area contributed by atoms with Crippen LogP contribution in [0.4, 0.5) is 0 Å². The van der Waals surface area contributed by atoms with Gasteiger partial charge in [-0.15, -0.1) is 0 Å². The molecule has 0 saturated heterocycles. The van der Waals surface area contributed by atoms with Crippen molar-refractivity contribution in [1.82, 2.24) is 10.2 Å². The summed E-state index contributed by atoms with van der Waals surface area (Å²) < 4.78 is 12.2. The molecule has 1 aromatic rings. The molecule has 0 spiro atoms. The van der Waals surface area contributed by atoms with Crippen LogP contribution in [-0.4, -0.2) is 48.0 Å². The van der Waals surface area contributed by atoms with E-state index >= 15 is 0 Å². The Labute approximate surface area is 131 Å². The van der Waals surface area contributed by atoms with Gasteiger partial charge in [0.2, 0.25) is 5.91 Å². The first kappa shape index (κ1) is 17.4. The number of hydrogen-bond acceptors (Lipinski definition) is 3. The predicted octanol–water partition coefficient (Wildman–Crippen LogP) is 2.17. The van der Waals surface area contributed by atoms with Crippen LogP contribution in [0.25, 0.3) is 0 Å². The van der Waals surface area contributed by atoms with E-state index in [1.807, 2.05) is 11.9 Å². The Bertz CT molecular complexity index is 497. The number of amides is 1. The third-order valence-electron chi connectivity index (χ3n) is 2.80. The van der Waals surface area contributed by atoms with Crippen molar-refractivity contribution in [3.63, 3.8) is 0 Å². The fourth-order valence-corrected chi connectivity index (χ4v) is 3.38. The molecule has 0 radical (unpaired) electrons. The molecule has 1 amide bonds. The van der Waals surface area contributed by atoms with Gasteiger partial charge < -0.3 is 10.2 Å². The summed E-state index contributed by atoms with van der Waals surface area (Å²) in [5, 5.41) is 3.55. The monoisotopic (exact) mass is 336 g/mol. The van der Waals surface area contributed by atoms with Gasteiger partial charge in [0, 0.05) is 37.3 Å². The van der Waals surface area contributed by atoms with Gasteiger partial charge in [-0.2, -0.15) is 0 Å². The Morgan fingerprint density at radius 1 is 1.35 bits per heavy atom. The van der Waals surface area contributed by atoms with Crippen LogP contribution in [0, 0.1) is 0 Å². The van der Waals surface area contributed by atoms with Crippen molar-refractivity contribution >= 4 is 39.9 Å². The zero-order valence-electron chi connectivity index (χ0n) is 11.5. The van der Waals surface area contributed by atoms with Gasteiger partial charge in [-0.3, -0.25) is 9.00 Å². The minimum Gasteiger partial charge on any atom is -0.359 e. The van der Waals surface area contributed by atoms with E-state index in [4.69, 9.17) is 23.2 Å². The molecular formula is C13H18Cl2N2O2S. The summed E-state index contributed by atoms with van der Waals surface area (Å²) in [7, 11) is 2.30. The van der Waals surface area contributed by atoms with Crippen molar-refractivity contribution in [2.75, 3.05) is 32.9 Å². The molecule has 0 aromatic heterocycles. The first-order chi connectivity index (χ1) is 9.43. The van der Waals surface area contributed by atoms with E-state index in [1.54, 1.807) is 25.2 Å². The van der Waals surface area contributed by atoms with Crippen molar-refractivity contribution in [1.29, 1.82) is 0 Å². The van der Waals surface area contributed by atoms with Crippen LogP contribution in [0.15, 0.2) is 23.1 Å². The molecule has 1 rings (SSSR count). The number of carbonyl (C=O) groups is 1. The summed E-state index contributed by atoms with van der Waals surface area (Å²) in [4.78, 5) is 13.6. The minimum absolute atomic E-state index is 0.00384. The van der Waals surface area contributed by atoms with E-state index in [-0.39, 0.29) is 5.91 Å². The standard InChI is InChI=1S/C13H18Cl2N2O2S/c1-16-13(18)5-6-17(2)7-8-20(19)12-9-10(14)3-4-11(12)15/h3-4,9H,5-8H2,1-2H3,(H,16,18)/t20-/m1/s1. The normalized spacial score (nSPS) is 12.4. The van der Waals surface area contributed by atoms with E-state index in [0.29, 0.717) is 40.2 Å². The molecule has 1 aromatic carbocycles. The van der Waals surface area contributed by atoms with Gasteiger partial charge in [-0.1, -0.05) is 23.2 Å². The molecular weight excluding hydrogens is 319 g/mol. The van der Waals surface area contributed by atoms with Gasteiger partial charge in [-0.25, -0.2) is 0 Å². The summed E-state index contributed by atoms with van der Waals surface area (Å²) in [6.45, 7) is 1.24. The van der Waals surface area contributed by atoms with Crippen LogP contribution < -0.4 is 5.32 Å². The maximum absolute atomic E-state index is 12.2. The third kappa shape index (κ3) is 5.79. The second kappa shape index (κ2) is 8.62. The molecule has 0 bridgehead atoms. The summed E-state index contributed by atoms with van der Waals surface area (Å²) in [6.07, 6.45) is 0.428. The zero-order valence-corrected chi connectivity index (χ0v) is 13.8. The first-order valence-electron chi connectivity index (χ1n) is 6.16. The summed E-state index contributed by atoms with van der Waals surface area (Å²) >= 11 is 11.9. The lowest BCUT2D eigenvalue weighted by molar-refractivity contribution is -0.120. The molecule has 0 aliphatic heterocycles. The Morgan fingerprint density at radius 2 is 2.05 bits per heavy atom. The van der Waals surface area contributed by atoms with Crippen molar-refractivity contribution in [3.05, 3.63) is 28.2 Å². The summed E-state index contributed by atoms with van der Waals surface area (Å²) in [5.41, 5.74) is 0. The van der Waals surface area contributed by atoms with E-state index in [1.165, 1.54) is 0 Å². The smallest absolute Gasteiger partial charge is 0.221 e. The van der Waals surface area contributed by atoms with Gasteiger partial charge in [0.15, 0.2) is 0 Å². The van der Waals surface area contributed by atoms with Gasteiger partial charge in [0.25, 0.3) is 0 Å². The summed E-state index contributed by atoms with van der Waals surface area (Å²) in [6, 6.07) is 4.94. The SMILES string of the molecule is CNC(=O)CCN(C)CC[S@@](=O)c1cc(Cl)ccc1Cl. The lowest BCUT2D eigenvalue weighted by atomic mass is 10.4. The maximum Gasteiger partial charge on any atom is 0.221 e. The first-order valence-corrected chi connectivity index (χ1v) is 8.24. The molecule has 20 heavy (non-hydrogen) atoms. The second-order valence-corrected chi connectivity index (χ2v) is 6.73. The molecule has 0 aliphatic carbocycles. The molecule has 7 heteroatoms. The number of benzene rings is 1. The van der Waals surface area contributed by atoms with Crippen LogP contribution in [-0.2, 0) is 15.6 Å². The minimum atomic E-state index is -1.20. The molecule has 4 nitrogen and oxygen atoms in total. The molecule has 0 aliphatic rings. The average molecular weight is 337 g/mol. The van der Waals surface area contributed by atoms with E-state index < -0.39 is 10.8 Å². The van der Waals surface area contributed by atoms with Gasteiger partial charge in [0.1, 0.15) is 0 Å². The Morgan fingerprint density at radius 3 is 2.70 bits per heavy atom. The van der Waals surface area contributed by atoms with E-state index in [9.17, 15) is 9.00 Å². The van der Waals surface area contributed by atoms with Crippen molar-refractivity contribution in [2.45, 2.75) is 11.3 Å². The topological polar surface area (TPSA) is 49.4 Å². The van der Waals surface area contributed by atoms with Crippen LogP contribution in [0.3, 0.4) is 0 Å². The highest BCUT2D eigenvalue weighted by molar-refractivity contribution is 7.85. The Balaban J connectivity index is 2.46. The maximum atomic E-state index is 12.2. The van der Waals surface area contributed by atoms with Gasteiger partial charge in [-0.05, 0) is 25.2 Å². The van der Waals surface area contributed by atoms with Crippen molar-refractivity contribution in [2.24, 2.45) is 0 Å². The number of carbonyl (C=O) groups excluding carboxylic acids is 1. The lowest BCUT2D eigenvalue weighted by Crippen LogP contribution is -2.29. The number of hydrogen-bond donors (Lipinski definition) is 1. The molecule has 112 valence electrons. The highest BCUT2D eigenvalue weighted by Gasteiger charge is 2.11. The predicted molar refractivity (Wildman–Crippen MR) is 83.9 cm³/mol. The number of nitrogens with one attached hydrogen (secondary N) is 1. The average Bonchev–Trinajstić information content (AvgIpc) is 2.44. The van der Waals surface area contributed by atoms with Crippen LogP contribution in [0.5, 0.6) is 0 Å². The van der Waals surface area contributed by atoms with Crippen LogP contribution in [0.1, 0.15) is 6.42 Å². The lowest BCUT2D eigenvalue weighted by Gasteiger charge is -2.15. The van der Waals surface area contributed by atoms with E-state index in [2.05, 4.69) is 5.32 Å². The van der Waals surface area contributed by atoms with Crippen LogP contribution >= 0.6 is 23.2 Å². The quantitative estimate of drug-likeness (QED) is 0.830. The highest BCUT2D eigenvalue weighted by Crippen LogP contribution is 2.23. The fourth-order valence-electron chi connectivity index (χ4n) is 1.53. The second-order valence-electron chi connectivity index (χ2n) is 4.35. The molecule has 1 N–H and O–H groups in total. The van der Waals surface area contributed by atoms with E-state index in [0.717, 1.165) is 0 Å². The number of rotatable bonds is 7. The van der Waals surface area contributed by atoms with Gasteiger partial charge in [0.05, 0.1) is 20.7 Å². The number of halogens is 2. The number of nitrogens with zero attached hydrogens (tertiary/aromatic N) is 1. The molecule has 0 unspecified atom stereocenters. The third-order valence-corrected chi connectivity index (χ3v) is 4.85. The Hall–Kier alpha value is -0.620. The highest BCUT2D eigenvalue weighted by atomic mass is 35.5. The molecule has 1 atom stereocenters. The fraction of sp³-hybridized carbons (Fsp3) is 0.462. The molecule has 0 saturated carbocycles. The molecule has 0 fully saturated rings.